The number of pyridine rings is 1. The van der Waals surface area contributed by atoms with Crippen molar-refractivity contribution in [2.75, 3.05) is 13.1 Å². The van der Waals surface area contributed by atoms with Crippen molar-refractivity contribution in [2.24, 2.45) is 5.92 Å². The van der Waals surface area contributed by atoms with Gasteiger partial charge in [-0.3, -0.25) is 4.98 Å². The first kappa shape index (κ1) is 13.5. The molecule has 100 valence electrons. The van der Waals surface area contributed by atoms with E-state index in [4.69, 9.17) is 0 Å². The van der Waals surface area contributed by atoms with Crippen LogP contribution in [0.2, 0.25) is 0 Å². The van der Waals surface area contributed by atoms with Crippen LogP contribution in [0.3, 0.4) is 0 Å². The zero-order valence-electron chi connectivity index (χ0n) is 11.8. The van der Waals surface area contributed by atoms with Crippen molar-refractivity contribution in [2.45, 2.75) is 51.9 Å². The molecule has 0 spiro atoms. The Balaban J connectivity index is 2.00. The van der Waals surface area contributed by atoms with Crippen molar-refractivity contribution >= 4 is 0 Å². The molecular weight excluding hydrogens is 220 g/mol. The molecule has 0 amide bonds. The van der Waals surface area contributed by atoms with Gasteiger partial charge in [0.15, 0.2) is 0 Å². The topological polar surface area (TPSA) is 24.9 Å². The van der Waals surface area contributed by atoms with E-state index in [2.05, 4.69) is 42.5 Å². The monoisotopic (exact) mass is 246 g/mol. The average Bonchev–Trinajstić information content (AvgIpc) is 2.41. The fraction of sp³-hybridized carbons (Fsp3) is 0.688. The van der Waals surface area contributed by atoms with Crippen LogP contribution in [0.15, 0.2) is 18.3 Å². The summed E-state index contributed by atoms with van der Waals surface area (Å²) in [6.45, 7) is 6.61. The van der Waals surface area contributed by atoms with Gasteiger partial charge in [0.25, 0.3) is 0 Å². The third-order valence-electron chi connectivity index (χ3n) is 4.10. The number of rotatable bonds is 5. The molecule has 1 heterocycles. The minimum absolute atomic E-state index is 0.719. The molecule has 2 rings (SSSR count). The van der Waals surface area contributed by atoms with Gasteiger partial charge in [-0.1, -0.05) is 25.8 Å². The third-order valence-corrected chi connectivity index (χ3v) is 4.10. The largest absolute Gasteiger partial charge is 0.316 e. The quantitative estimate of drug-likeness (QED) is 0.802. The lowest BCUT2D eigenvalue weighted by Gasteiger charge is -2.32. The molecule has 0 saturated heterocycles. The SMILES string of the molecule is CCCNCC1CCCCC1c1ccc(C)nc1. The zero-order valence-corrected chi connectivity index (χ0v) is 11.8. The molecule has 1 aliphatic rings. The molecule has 18 heavy (non-hydrogen) atoms. The van der Waals surface area contributed by atoms with E-state index in [1.54, 1.807) is 0 Å². The second-order valence-electron chi connectivity index (χ2n) is 5.59. The predicted octanol–water partition coefficient (Wildman–Crippen LogP) is 3.66. The molecule has 1 aliphatic carbocycles. The molecule has 2 unspecified atom stereocenters. The van der Waals surface area contributed by atoms with Crippen LogP contribution < -0.4 is 5.32 Å². The summed E-state index contributed by atoms with van der Waals surface area (Å²) in [5, 5.41) is 3.60. The van der Waals surface area contributed by atoms with Crippen molar-refractivity contribution in [3.05, 3.63) is 29.6 Å². The molecule has 2 nitrogen and oxygen atoms in total. The second kappa shape index (κ2) is 6.89. The number of hydrogen-bond acceptors (Lipinski definition) is 2. The van der Waals surface area contributed by atoms with Gasteiger partial charge in [-0.2, -0.15) is 0 Å². The molecule has 1 aromatic heterocycles. The van der Waals surface area contributed by atoms with E-state index in [1.807, 2.05) is 0 Å². The Bertz CT molecular complexity index is 345. The Morgan fingerprint density at radius 3 is 2.83 bits per heavy atom. The fourth-order valence-electron chi connectivity index (χ4n) is 3.05. The molecule has 1 N–H and O–H groups in total. The van der Waals surface area contributed by atoms with Gasteiger partial charge in [0.05, 0.1) is 0 Å². The summed E-state index contributed by atoms with van der Waals surface area (Å²) in [6, 6.07) is 4.44. The maximum absolute atomic E-state index is 4.46. The van der Waals surface area contributed by atoms with Crippen molar-refractivity contribution < 1.29 is 0 Å². The van der Waals surface area contributed by atoms with E-state index < -0.39 is 0 Å². The molecule has 1 fully saturated rings. The van der Waals surface area contributed by atoms with Crippen molar-refractivity contribution in [1.82, 2.24) is 10.3 Å². The summed E-state index contributed by atoms with van der Waals surface area (Å²) in [6.07, 6.45) is 8.80. The zero-order chi connectivity index (χ0) is 12.8. The summed E-state index contributed by atoms with van der Waals surface area (Å²) in [7, 11) is 0. The molecule has 1 aromatic rings. The van der Waals surface area contributed by atoms with Gasteiger partial charge in [0.2, 0.25) is 0 Å². The summed E-state index contributed by atoms with van der Waals surface area (Å²) in [4.78, 5) is 4.46. The summed E-state index contributed by atoms with van der Waals surface area (Å²) >= 11 is 0. The minimum Gasteiger partial charge on any atom is -0.316 e. The maximum Gasteiger partial charge on any atom is 0.0372 e. The third kappa shape index (κ3) is 3.55. The van der Waals surface area contributed by atoms with Gasteiger partial charge in [-0.05, 0) is 62.7 Å². The Labute approximate surface area is 111 Å². The second-order valence-corrected chi connectivity index (χ2v) is 5.59. The van der Waals surface area contributed by atoms with Gasteiger partial charge in [0.1, 0.15) is 0 Å². The fourth-order valence-corrected chi connectivity index (χ4v) is 3.05. The highest BCUT2D eigenvalue weighted by atomic mass is 14.9. The Morgan fingerprint density at radius 1 is 1.28 bits per heavy atom. The molecule has 2 atom stereocenters. The number of aryl methyl sites for hydroxylation is 1. The Kier molecular flexibility index (Phi) is 5.18. The molecule has 0 aliphatic heterocycles. The van der Waals surface area contributed by atoms with Gasteiger partial charge < -0.3 is 5.32 Å². The standard InChI is InChI=1S/C16H26N2/c1-3-10-17-11-14-6-4-5-7-16(14)15-9-8-13(2)18-12-15/h8-9,12,14,16-17H,3-7,10-11H2,1-2H3. The van der Waals surface area contributed by atoms with Crippen LogP contribution in [0, 0.1) is 12.8 Å². The highest BCUT2D eigenvalue weighted by Crippen LogP contribution is 2.37. The molecule has 0 radical (unpaired) electrons. The van der Waals surface area contributed by atoms with E-state index in [0.717, 1.165) is 24.1 Å². The maximum atomic E-state index is 4.46. The van der Waals surface area contributed by atoms with Crippen LogP contribution in [0.5, 0.6) is 0 Å². The van der Waals surface area contributed by atoms with Crippen LogP contribution in [-0.4, -0.2) is 18.1 Å². The first-order valence-corrected chi connectivity index (χ1v) is 7.44. The molecule has 2 heteroatoms. The van der Waals surface area contributed by atoms with Crippen LogP contribution in [0.25, 0.3) is 0 Å². The van der Waals surface area contributed by atoms with Gasteiger partial charge in [0, 0.05) is 11.9 Å². The summed E-state index contributed by atoms with van der Waals surface area (Å²) < 4.78 is 0. The number of nitrogens with one attached hydrogen (secondary N) is 1. The van der Waals surface area contributed by atoms with Crippen molar-refractivity contribution in [3.8, 4) is 0 Å². The summed E-state index contributed by atoms with van der Waals surface area (Å²) in [5.74, 6) is 1.52. The van der Waals surface area contributed by atoms with Gasteiger partial charge >= 0.3 is 0 Å². The normalized spacial score (nSPS) is 24.1. The highest BCUT2D eigenvalue weighted by molar-refractivity contribution is 5.19. The van der Waals surface area contributed by atoms with Gasteiger partial charge in [-0.15, -0.1) is 0 Å². The van der Waals surface area contributed by atoms with E-state index in [0.29, 0.717) is 0 Å². The minimum atomic E-state index is 0.719. The van der Waals surface area contributed by atoms with E-state index in [9.17, 15) is 0 Å². The van der Waals surface area contributed by atoms with Gasteiger partial charge in [-0.25, -0.2) is 0 Å². The Morgan fingerprint density at radius 2 is 2.11 bits per heavy atom. The van der Waals surface area contributed by atoms with E-state index in [-0.39, 0.29) is 0 Å². The van der Waals surface area contributed by atoms with Crippen molar-refractivity contribution in [1.29, 1.82) is 0 Å². The lowest BCUT2D eigenvalue weighted by atomic mass is 9.76. The first-order valence-electron chi connectivity index (χ1n) is 7.44. The first-order chi connectivity index (χ1) is 8.81. The lowest BCUT2D eigenvalue weighted by molar-refractivity contribution is 0.295. The average molecular weight is 246 g/mol. The van der Waals surface area contributed by atoms with Crippen LogP contribution in [-0.2, 0) is 0 Å². The van der Waals surface area contributed by atoms with Crippen molar-refractivity contribution in [3.63, 3.8) is 0 Å². The highest BCUT2D eigenvalue weighted by Gasteiger charge is 2.26. The number of aromatic nitrogens is 1. The van der Waals surface area contributed by atoms with Crippen LogP contribution in [0.1, 0.15) is 56.2 Å². The lowest BCUT2D eigenvalue weighted by Crippen LogP contribution is -2.30. The van der Waals surface area contributed by atoms with Crippen LogP contribution >= 0.6 is 0 Å². The summed E-state index contributed by atoms with van der Waals surface area (Å²) in [5.41, 5.74) is 2.57. The molecular formula is C16H26N2. The number of nitrogens with zero attached hydrogens (tertiary/aromatic N) is 1. The van der Waals surface area contributed by atoms with E-state index >= 15 is 0 Å². The van der Waals surface area contributed by atoms with E-state index in [1.165, 1.54) is 44.2 Å². The van der Waals surface area contributed by atoms with Crippen LogP contribution in [0.4, 0.5) is 0 Å². The predicted molar refractivity (Wildman–Crippen MR) is 76.8 cm³/mol. The molecule has 0 aromatic carbocycles. The molecule has 0 bridgehead atoms. The number of hydrogen-bond donors (Lipinski definition) is 1. The Hall–Kier alpha value is -0.890. The molecule has 1 saturated carbocycles. The smallest absolute Gasteiger partial charge is 0.0372 e.